The zero-order valence-electron chi connectivity index (χ0n) is 10.9. The molecule has 0 saturated heterocycles. The molecule has 0 radical (unpaired) electrons. The summed E-state index contributed by atoms with van der Waals surface area (Å²) in [7, 11) is 0. The quantitative estimate of drug-likeness (QED) is 0.864. The molecule has 0 atom stereocenters. The van der Waals surface area contributed by atoms with Crippen molar-refractivity contribution in [2.75, 3.05) is 12.4 Å². The normalized spacial score (nSPS) is 15.3. The predicted molar refractivity (Wildman–Crippen MR) is 79.6 cm³/mol. The highest BCUT2D eigenvalue weighted by molar-refractivity contribution is 8.08. The standard InChI is InChI=1S/C14H13ClN2O2S/c1-9-13(20-7-6-18-9)14-16-12(17-19-14)8-10-4-2-3-5-11(10)15/h2-5H,6-8H2,1H3. The number of allylic oxidation sites excluding steroid dienone is 1. The lowest BCUT2D eigenvalue weighted by atomic mass is 10.1. The largest absolute Gasteiger partial charge is 0.496 e. The monoisotopic (exact) mass is 308 g/mol. The first-order valence-electron chi connectivity index (χ1n) is 6.27. The van der Waals surface area contributed by atoms with Crippen molar-refractivity contribution in [1.29, 1.82) is 0 Å². The lowest BCUT2D eigenvalue weighted by Gasteiger charge is -2.15. The summed E-state index contributed by atoms with van der Waals surface area (Å²) in [5.74, 6) is 2.89. The first-order valence-corrected chi connectivity index (χ1v) is 7.63. The smallest absolute Gasteiger partial charge is 0.267 e. The molecule has 1 aromatic heterocycles. The summed E-state index contributed by atoms with van der Waals surface area (Å²) < 4.78 is 10.8. The van der Waals surface area contributed by atoms with Crippen LogP contribution in [0.1, 0.15) is 24.2 Å². The van der Waals surface area contributed by atoms with E-state index in [1.54, 1.807) is 11.8 Å². The van der Waals surface area contributed by atoms with E-state index in [2.05, 4.69) is 10.1 Å². The first kappa shape index (κ1) is 13.5. The minimum atomic E-state index is 0.522. The van der Waals surface area contributed by atoms with E-state index < -0.39 is 0 Å². The van der Waals surface area contributed by atoms with Crippen molar-refractivity contribution < 1.29 is 9.26 Å². The zero-order chi connectivity index (χ0) is 13.9. The number of nitrogens with zero attached hydrogens (tertiary/aromatic N) is 2. The summed E-state index contributed by atoms with van der Waals surface area (Å²) in [6.07, 6.45) is 0.557. The predicted octanol–water partition coefficient (Wildman–Crippen LogP) is 3.77. The van der Waals surface area contributed by atoms with Gasteiger partial charge in [-0.15, -0.1) is 11.8 Å². The van der Waals surface area contributed by atoms with Crippen LogP contribution >= 0.6 is 23.4 Å². The van der Waals surface area contributed by atoms with Gasteiger partial charge >= 0.3 is 0 Å². The van der Waals surface area contributed by atoms with Crippen LogP contribution in [0.4, 0.5) is 0 Å². The van der Waals surface area contributed by atoms with E-state index in [9.17, 15) is 0 Å². The van der Waals surface area contributed by atoms with Crippen LogP contribution in [0.5, 0.6) is 0 Å². The number of thioether (sulfide) groups is 1. The zero-order valence-corrected chi connectivity index (χ0v) is 12.5. The molecular formula is C14H13ClN2O2S. The van der Waals surface area contributed by atoms with Crippen molar-refractivity contribution in [2.24, 2.45) is 0 Å². The Kier molecular flexibility index (Phi) is 3.98. The highest BCUT2D eigenvalue weighted by Gasteiger charge is 2.19. The topological polar surface area (TPSA) is 48.2 Å². The van der Waals surface area contributed by atoms with E-state index >= 15 is 0 Å². The average molecular weight is 309 g/mol. The molecule has 0 aliphatic carbocycles. The molecule has 0 saturated carbocycles. The third-order valence-corrected chi connectivity index (χ3v) is 4.43. The Morgan fingerprint density at radius 3 is 3.00 bits per heavy atom. The Hall–Kier alpha value is -1.46. The summed E-state index contributed by atoms with van der Waals surface area (Å²) in [5, 5.41) is 4.73. The molecule has 4 nitrogen and oxygen atoms in total. The lowest BCUT2D eigenvalue weighted by molar-refractivity contribution is 0.233. The van der Waals surface area contributed by atoms with Crippen molar-refractivity contribution in [1.82, 2.24) is 10.1 Å². The fourth-order valence-electron chi connectivity index (χ4n) is 1.95. The van der Waals surface area contributed by atoms with E-state index in [0.717, 1.165) is 28.6 Å². The summed E-state index contributed by atoms with van der Waals surface area (Å²) >= 11 is 7.81. The fourth-order valence-corrected chi connectivity index (χ4v) is 2.99. The molecule has 2 heterocycles. The number of hydrogen-bond donors (Lipinski definition) is 0. The Morgan fingerprint density at radius 2 is 2.20 bits per heavy atom. The van der Waals surface area contributed by atoms with Crippen molar-refractivity contribution >= 4 is 28.3 Å². The highest BCUT2D eigenvalue weighted by atomic mass is 35.5. The molecule has 0 N–H and O–H groups in total. The van der Waals surface area contributed by atoms with Gasteiger partial charge in [0.2, 0.25) is 0 Å². The number of halogens is 1. The molecule has 0 bridgehead atoms. The van der Waals surface area contributed by atoms with Crippen LogP contribution in [-0.4, -0.2) is 22.5 Å². The van der Waals surface area contributed by atoms with Gasteiger partial charge < -0.3 is 9.26 Å². The third-order valence-electron chi connectivity index (χ3n) is 2.94. The van der Waals surface area contributed by atoms with E-state index in [1.807, 2.05) is 31.2 Å². The van der Waals surface area contributed by atoms with Gasteiger partial charge in [0.1, 0.15) is 10.7 Å². The van der Waals surface area contributed by atoms with Crippen LogP contribution in [0.3, 0.4) is 0 Å². The molecule has 6 heteroatoms. The van der Waals surface area contributed by atoms with Crippen molar-refractivity contribution in [3.05, 3.63) is 52.3 Å². The van der Waals surface area contributed by atoms with Crippen molar-refractivity contribution in [3.8, 4) is 0 Å². The first-order chi connectivity index (χ1) is 9.74. The SMILES string of the molecule is CC1=C(c2nc(Cc3ccccc3Cl)no2)SCCO1. The van der Waals surface area contributed by atoms with Crippen LogP contribution in [0.25, 0.3) is 4.91 Å². The molecule has 0 amide bonds. The van der Waals surface area contributed by atoms with Crippen LogP contribution in [0.2, 0.25) is 5.02 Å². The van der Waals surface area contributed by atoms with Crippen LogP contribution in [0.15, 0.2) is 34.5 Å². The molecule has 0 unspecified atom stereocenters. The fraction of sp³-hybridized carbons (Fsp3) is 0.286. The van der Waals surface area contributed by atoms with E-state index in [1.165, 1.54) is 0 Å². The van der Waals surface area contributed by atoms with Gasteiger partial charge in [-0.05, 0) is 18.6 Å². The van der Waals surface area contributed by atoms with Crippen LogP contribution in [-0.2, 0) is 11.2 Å². The molecule has 104 valence electrons. The maximum atomic E-state index is 6.13. The molecule has 20 heavy (non-hydrogen) atoms. The van der Waals surface area contributed by atoms with Gasteiger partial charge in [0.05, 0.1) is 6.61 Å². The average Bonchev–Trinajstić information content (AvgIpc) is 2.90. The van der Waals surface area contributed by atoms with Gasteiger partial charge in [-0.3, -0.25) is 0 Å². The molecule has 1 aliphatic heterocycles. The number of ether oxygens (including phenoxy) is 1. The minimum absolute atomic E-state index is 0.522. The van der Waals surface area contributed by atoms with Gasteiger partial charge in [-0.2, -0.15) is 4.98 Å². The van der Waals surface area contributed by atoms with Gasteiger partial charge in [-0.1, -0.05) is 35.0 Å². The Bertz CT molecular complexity index is 654. The Morgan fingerprint density at radius 1 is 1.35 bits per heavy atom. The minimum Gasteiger partial charge on any atom is -0.496 e. The maximum Gasteiger partial charge on any atom is 0.267 e. The molecule has 0 fully saturated rings. The number of hydrogen-bond acceptors (Lipinski definition) is 5. The second-order valence-corrected chi connectivity index (χ2v) is 5.88. The second kappa shape index (κ2) is 5.89. The van der Waals surface area contributed by atoms with Gasteiger partial charge in [-0.25, -0.2) is 0 Å². The molecule has 3 rings (SSSR count). The van der Waals surface area contributed by atoms with Crippen molar-refractivity contribution in [2.45, 2.75) is 13.3 Å². The summed E-state index contributed by atoms with van der Waals surface area (Å²) in [6.45, 7) is 2.64. The van der Waals surface area contributed by atoms with E-state index in [0.29, 0.717) is 23.2 Å². The van der Waals surface area contributed by atoms with Gasteiger partial charge in [0.25, 0.3) is 5.89 Å². The summed E-state index contributed by atoms with van der Waals surface area (Å²) in [5.41, 5.74) is 0.986. The van der Waals surface area contributed by atoms with Gasteiger partial charge in [0.15, 0.2) is 5.82 Å². The highest BCUT2D eigenvalue weighted by Crippen LogP contribution is 2.33. The Balaban J connectivity index is 1.82. The third kappa shape index (κ3) is 2.83. The van der Waals surface area contributed by atoms with Crippen molar-refractivity contribution in [3.63, 3.8) is 0 Å². The van der Waals surface area contributed by atoms with E-state index in [-0.39, 0.29) is 0 Å². The lowest BCUT2D eigenvalue weighted by Crippen LogP contribution is -2.04. The van der Waals surface area contributed by atoms with Gasteiger partial charge in [0, 0.05) is 17.2 Å². The second-order valence-electron chi connectivity index (χ2n) is 4.37. The molecular weight excluding hydrogens is 296 g/mol. The van der Waals surface area contributed by atoms with Crippen LogP contribution in [0, 0.1) is 0 Å². The number of aromatic nitrogens is 2. The molecule has 1 aliphatic rings. The number of benzene rings is 1. The summed E-state index contributed by atoms with van der Waals surface area (Å²) in [6, 6.07) is 7.66. The Labute approximate surface area is 126 Å². The number of rotatable bonds is 3. The molecule has 2 aromatic rings. The summed E-state index contributed by atoms with van der Waals surface area (Å²) in [4.78, 5) is 5.35. The molecule has 1 aromatic carbocycles. The molecule has 0 spiro atoms. The maximum absolute atomic E-state index is 6.13. The van der Waals surface area contributed by atoms with Crippen LogP contribution < -0.4 is 0 Å². The van der Waals surface area contributed by atoms with E-state index in [4.69, 9.17) is 20.9 Å².